The molecule has 0 spiro atoms. The van der Waals surface area contributed by atoms with Crippen LogP contribution in [0.3, 0.4) is 0 Å². The van der Waals surface area contributed by atoms with Gasteiger partial charge in [0.1, 0.15) is 0 Å². The largest absolute Gasteiger partial charge is 0.324 e. The van der Waals surface area contributed by atoms with Gasteiger partial charge in [-0.1, -0.05) is 0 Å². The van der Waals surface area contributed by atoms with E-state index in [1.54, 1.807) is 0 Å². The van der Waals surface area contributed by atoms with Crippen molar-refractivity contribution < 1.29 is 0 Å². The Bertz CT molecular complexity index is 237. The van der Waals surface area contributed by atoms with Gasteiger partial charge in [-0.3, -0.25) is 9.80 Å². The van der Waals surface area contributed by atoms with Crippen LogP contribution in [0.4, 0.5) is 0 Å². The van der Waals surface area contributed by atoms with Gasteiger partial charge < -0.3 is 5.73 Å². The SMILES string of the molecule is NC1(CN2CCCN3CCCC3C2)CC1. The lowest BCUT2D eigenvalue weighted by Crippen LogP contribution is -2.43. The van der Waals surface area contributed by atoms with Crippen LogP contribution < -0.4 is 5.73 Å². The van der Waals surface area contributed by atoms with Gasteiger partial charge in [0.2, 0.25) is 0 Å². The summed E-state index contributed by atoms with van der Waals surface area (Å²) in [5, 5.41) is 0. The van der Waals surface area contributed by atoms with Crippen LogP contribution in [0.25, 0.3) is 0 Å². The van der Waals surface area contributed by atoms with Crippen molar-refractivity contribution in [3.05, 3.63) is 0 Å². The highest BCUT2D eigenvalue weighted by atomic mass is 15.3. The first-order chi connectivity index (χ1) is 7.25. The van der Waals surface area contributed by atoms with Crippen LogP contribution >= 0.6 is 0 Å². The average molecular weight is 209 g/mol. The van der Waals surface area contributed by atoms with E-state index < -0.39 is 0 Å². The van der Waals surface area contributed by atoms with Gasteiger partial charge in [-0.15, -0.1) is 0 Å². The normalized spacial score (nSPS) is 36.2. The predicted molar refractivity (Wildman–Crippen MR) is 61.8 cm³/mol. The van der Waals surface area contributed by atoms with Gasteiger partial charge in [0.15, 0.2) is 0 Å². The Morgan fingerprint density at radius 1 is 1.13 bits per heavy atom. The highest BCUT2D eigenvalue weighted by molar-refractivity contribution is 5.02. The summed E-state index contributed by atoms with van der Waals surface area (Å²) in [6.07, 6.45) is 6.66. The van der Waals surface area contributed by atoms with Crippen LogP contribution in [-0.4, -0.2) is 54.1 Å². The molecule has 1 atom stereocenters. The fourth-order valence-electron chi connectivity index (χ4n) is 3.19. The van der Waals surface area contributed by atoms with Crippen LogP contribution in [0, 0.1) is 0 Å². The Morgan fingerprint density at radius 2 is 1.93 bits per heavy atom. The van der Waals surface area contributed by atoms with Crippen molar-refractivity contribution in [2.45, 2.75) is 43.7 Å². The van der Waals surface area contributed by atoms with Crippen LogP contribution in [0.1, 0.15) is 32.1 Å². The van der Waals surface area contributed by atoms with E-state index in [-0.39, 0.29) is 5.54 Å². The molecule has 1 aliphatic carbocycles. The lowest BCUT2D eigenvalue weighted by Gasteiger charge is -2.27. The molecule has 2 heterocycles. The summed E-state index contributed by atoms with van der Waals surface area (Å²) < 4.78 is 0. The zero-order chi connectivity index (χ0) is 10.3. The molecule has 3 aliphatic rings. The topological polar surface area (TPSA) is 32.5 Å². The van der Waals surface area contributed by atoms with Crippen LogP contribution in [0.15, 0.2) is 0 Å². The molecule has 0 aromatic rings. The number of hydrogen-bond donors (Lipinski definition) is 1. The quantitative estimate of drug-likeness (QED) is 0.725. The van der Waals surface area contributed by atoms with E-state index in [1.807, 2.05) is 0 Å². The summed E-state index contributed by atoms with van der Waals surface area (Å²) in [7, 11) is 0. The molecule has 2 N–H and O–H groups in total. The van der Waals surface area contributed by atoms with E-state index in [1.165, 1.54) is 58.3 Å². The lowest BCUT2D eigenvalue weighted by molar-refractivity contribution is 0.209. The van der Waals surface area contributed by atoms with E-state index in [0.29, 0.717) is 0 Å². The minimum Gasteiger partial charge on any atom is -0.324 e. The standard InChI is InChI=1S/C12H23N3/c13-12(4-5-12)10-14-6-2-8-15-7-1-3-11(15)9-14/h11H,1-10,13H2. The summed E-state index contributed by atoms with van der Waals surface area (Å²) in [6, 6.07) is 0.842. The molecule has 0 bridgehead atoms. The highest BCUT2D eigenvalue weighted by Gasteiger charge is 2.40. The predicted octanol–water partition coefficient (Wildman–Crippen LogP) is 0.648. The second-order valence-corrected chi connectivity index (χ2v) is 5.78. The number of nitrogens with zero attached hydrogens (tertiary/aromatic N) is 2. The van der Waals surface area contributed by atoms with Crippen LogP contribution in [0.5, 0.6) is 0 Å². The van der Waals surface area contributed by atoms with Crippen molar-refractivity contribution in [3.8, 4) is 0 Å². The van der Waals surface area contributed by atoms with Crippen molar-refractivity contribution >= 4 is 0 Å². The minimum absolute atomic E-state index is 0.202. The summed E-state index contributed by atoms with van der Waals surface area (Å²) in [5.74, 6) is 0. The molecule has 0 aromatic heterocycles. The van der Waals surface area contributed by atoms with Crippen LogP contribution in [0.2, 0.25) is 0 Å². The molecule has 0 amide bonds. The van der Waals surface area contributed by atoms with Gasteiger partial charge in [0.05, 0.1) is 0 Å². The van der Waals surface area contributed by atoms with E-state index >= 15 is 0 Å². The zero-order valence-corrected chi connectivity index (χ0v) is 9.62. The number of nitrogens with two attached hydrogens (primary N) is 1. The van der Waals surface area contributed by atoms with Crippen molar-refractivity contribution in [2.75, 3.05) is 32.7 Å². The first-order valence-corrected chi connectivity index (χ1v) is 6.51. The molecule has 86 valence electrons. The molecule has 3 heteroatoms. The summed E-state index contributed by atoms with van der Waals surface area (Å²) in [5.41, 5.74) is 6.41. The Kier molecular flexibility index (Phi) is 2.49. The monoisotopic (exact) mass is 209 g/mol. The molecule has 1 unspecified atom stereocenters. The van der Waals surface area contributed by atoms with Gasteiger partial charge in [0, 0.05) is 24.7 Å². The Morgan fingerprint density at radius 3 is 2.73 bits per heavy atom. The van der Waals surface area contributed by atoms with Crippen molar-refractivity contribution in [2.24, 2.45) is 5.73 Å². The van der Waals surface area contributed by atoms with Crippen molar-refractivity contribution in [1.82, 2.24) is 9.80 Å². The first-order valence-electron chi connectivity index (χ1n) is 6.51. The fourth-order valence-corrected chi connectivity index (χ4v) is 3.19. The Hall–Kier alpha value is -0.120. The highest BCUT2D eigenvalue weighted by Crippen LogP contribution is 2.33. The number of hydrogen-bond acceptors (Lipinski definition) is 3. The molecule has 2 saturated heterocycles. The summed E-state index contributed by atoms with van der Waals surface area (Å²) in [6.45, 7) is 6.35. The van der Waals surface area contributed by atoms with E-state index in [4.69, 9.17) is 5.73 Å². The Labute approximate surface area is 92.6 Å². The van der Waals surface area contributed by atoms with Crippen molar-refractivity contribution in [3.63, 3.8) is 0 Å². The zero-order valence-electron chi connectivity index (χ0n) is 9.62. The minimum atomic E-state index is 0.202. The maximum absolute atomic E-state index is 6.21. The summed E-state index contributed by atoms with van der Waals surface area (Å²) in [4.78, 5) is 5.32. The van der Waals surface area contributed by atoms with Crippen molar-refractivity contribution in [1.29, 1.82) is 0 Å². The van der Waals surface area contributed by atoms with E-state index in [9.17, 15) is 0 Å². The molecular formula is C12H23N3. The third kappa shape index (κ3) is 2.19. The molecular weight excluding hydrogens is 186 g/mol. The average Bonchev–Trinajstić information content (AvgIpc) is 2.82. The first kappa shape index (κ1) is 10.1. The number of fused-ring (bicyclic) bond motifs is 1. The maximum Gasteiger partial charge on any atom is 0.0284 e. The fraction of sp³-hybridized carbons (Fsp3) is 1.00. The summed E-state index contributed by atoms with van der Waals surface area (Å²) >= 11 is 0. The molecule has 2 aliphatic heterocycles. The third-order valence-electron chi connectivity index (χ3n) is 4.32. The van der Waals surface area contributed by atoms with Crippen LogP contribution in [-0.2, 0) is 0 Å². The van der Waals surface area contributed by atoms with Gasteiger partial charge in [0.25, 0.3) is 0 Å². The van der Waals surface area contributed by atoms with Gasteiger partial charge in [-0.05, 0) is 51.7 Å². The molecule has 1 saturated carbocycles. The Balaban J connectivity index is 1.59. The molecule has 3 fully saturated rings. The number of rotatable bonds is 2. The third-order valence-corrected chi connectivity index (χ3v) is 4.32. The molecule has 3 rings (SSSR count). The molecule has 0 aromatic carbocycles. The second kappa shape index (κ2) is 3.72. The van der Waals surface area contributed by atoms with E-state index in [0.717, 1.165) is 12.6 Å². The van der Waals surface area contributed by atoms with Gasteiger partial charge >= 0.3 is 0 Å². The molecule has 15 heavy (non-hydrogen) atoms. The van der Waals surface area contributed by atoms with E-state index in [2.05, 4.69) is 9.80 Å². The van der Waals surface area contributed by atoms with Gasteiger partial charge in [-0.2, -0.15) is 0 Å². The second-order valence-electron chi connectivity index (χ2n) is 5.78. The molecule has 3 nitrogen and oxygen atoms in total. The maximum atomic E-state index is 6.21. The smallest absolute Gasteiger partial charge is 0.0284 e. The van der Waals surface area contributed by atoms with Gasteiger partial charge in [-0.25, -0.2) is 0 Å². The molecule has 0 radical (unpaired) electrons. The lowest BCUT2D eigenvalue weighted by atomic mass is 10.2.